The summed E-state index contributed by atoms with van der Waals surface area (Å²) in [7, 11) is 1.65. The Hall–Kier alpha value is -0.980. The molecule has 0 saturated carbocycles. The molecule has 0 aliphatic heterocycles. The van der Waals surface area contributed by atoms with Crippen LogP contribution in [0, 0.1) is 5.92 Å². The van der Waals surface area contributed by atoms with Crippen LogP contribution >= 0.6 is 0 Å². The van der Waals surface area contributed by atoms with Gasteiger partial charge in [-0.25, -0.2) is 0 Å². The molecule has 6 heteroatoms. The predicted octanol–water partition coefficient (Wildman–Crippen LogP) is 11.7. The van der Waals surface area contributed by atoms with Crippen LogP contribution in [0.5, 0.6) is 0 Å². The van der Waals surface area contributed by atoms with E-state index in [1.165, 1.54) is 141 Å². The molecule has 6 nitrogen and oxygen atoms in total. The molecule has 0 aliphatic carbocycles. The first-order valence-corrected chi connectivity index (χ1v) is 20.5. The van der Waals surface area contributed by atoms with Crippen molar-refractivity contribution < 1.29 is 28.5 Å². The van der Waals surface area contributed by atoms with Crippen LogP contribution in [0.4, 0.5) is 0 Å². The fourth-order valence-corrected chi connectivity index (χ4v) is 6.11. The Morgan fingerprint density at radius 2 is 0.830 bits per heavy atom. The van der Waals surface area contributed by atoms with Crippen molar-refractivity contribution in [1.82, 2.24) is 0 Å². The minimum atomic E-state index is -0.148. The highest BCUT2D eigenvalue weighted by Gasteiger charge is 2.17. The lowest BCUT2D eigenvalue weighted by molar-refractivity contribution is -0.146. The van der Waals surface area contributed by atoms with Crippen molar-refractivity contribution in [2.24, 2.45) is 5.92 Å². The second kappa shape index (κ2) is 39.5. The molecule has 1 unspecified atom stereocenters. The Morgan fingerprint density at radius 1 is 0.447 bits per heavy atom. The Morgan fingerprint density at radius 3 is 1.28 bits per heavy atom. The highest BCUT2D eigenvalue weighted by atomic mass is 16.5. The third kappa shape index (κ3) is 37.7. The van der Waals surface area contributed by atoms with Gasteiger partial charge in [-0.1, -0.05) is 168 Å². The molecule has 47 heavy (non-hydrogen) atoms. The number of unbranched alkanes of at least 4 members (excludes halogenated alkanes) is 24. The molecule has 0 bridgehead atoms. The second-order valence-electron chi connectivity index (χ2n) is 14.0. The van der Waals surface area contributed by atoms with Crippen LogP contribution in [-0.4, -0.2) is 58.5 Å². The van der Waals surface area contributed by atoms with E-state index in [-0.39, 0.29) is 24.3 Å². The fourth-order valence-electron chi connectivity index (χ4n) is 6.11. The molecule has 0 N–H and O–H groups in total. The molecule has 0 spiro atoms. The normalized spacial score (nSPS) is 12.1. The van der Waals surface area contributed by atoms with Crippen molar-refractivity contribution in [1.29, 1.82) is 0 Å². The minimum absolute atomic E-state index is 0.0981. The van der Waals surface area contributed by atoms with Gasteiger partial charge in [0.1, 0.15) is 5.78 Å². The third-order valence-corrected chi connectivity index (χ3v) is 9.20. The lowest BCUT2D eigenvalue weighted by atomic mass is 9.99. The number of carbonyl (C=O) groups is 2. The molecule has 0 heterocycles. The molecule has 0 saturated heterocycles. The number of carbonyl (C=O) groups excluding carboxylic acids is 2. The molecular weight excluding hydrogens is 588 g/mol. The summed E-state index contributed by atoms with van der Waals surface area (Å²) < 4.78 is 21.9. The Labute approximate surface area is 292 Å². The molecule has 0 aromatic heterocycles. The fraction of sp³-hybridized carbons (Fsp3) is 0.951. The summed E-state index contributed by atoms with van der Waals surface area (Å²) >= 11 is 0. The molecule has 0 aromatic rings. The number of esters is 1. The number of Topliss-reactive ketones (excluding diaryl/α,β-unsaturated/α-hetero) is 1. The summed E-state index contributed by atoms with van der Waals surface area (Å²) in [5.74, 6) is 0.00881. The quantitative estimate of drug-likeness (QED) is 0.0478. The number of ether oxygens (including phenoxy) is 4. The van der Waals surface area contributed by atoms with Crippen LogP contribution < -0.4 is 0 Å². The van der Waals surface area contributed by atoms with E-state index in [2.05, 4.69) is 13.8 Å². The predicted molar refractivity (Wildman–Crippen MR) is 198 cm³/mol. The highest BCUT2D eigenvalue weighted by molar-refractivity contribution is 5.78. The first-order chi connectivity index (χ1) is 23.1. The number of ketones is 1. The molecule has 0 aliphatic rings. The van der Waals surface area contributed by atoms with E-state index >= 15 is 0 Å². The monoisotopic (exact) mass is 669 g/mol. The van der Waals surface area contributed by atoms with Crippen molar-refractivity contribution in [3.05, 3.63) is 0 Å². The Kier molecular flexibility index (Phi) is 38.6. The molecule has 280 valence electrons. The van der Waals surface area contributed by atoms with Crippen molar-refractivity contribution >= 4 is 11.8 Å². The van der Waals surface area contributed by atoms with Crippen molar-refractivity contribution in [3.63, 3.8) is 0 Å². The zero-order valence-electron chi connectivity index (χ0n) is 31.8. The van der Waals surface area contributed by atoms with Gasteiger partial charge in [0.15, 0.2) is 0 Å². The summed E-state index contributed by atoms with van der Waals surface area (Å²) in [5.41, 5.74) is 0. The van der Waals surface area contributed by atoms with E-state index in [1.807, 2.05) is 0 Å². The van der Waals surface area contributed by atoms with Gasteiger partial charge in [-0.2, -0.15) is 0 Å². The molecule has 0 rings (SSSR count). The van der Waals surface area contributed by atoms with Crippen molar-refractivity contribution in [2.75, 3.05) is 46.8 Å². The Bertz CT molecular complexity index is 639. The summed E-state index contributed by atoms with van der Waals surface area (Å²) in [5, 5.41) is 0. The maximum atomic E-state index is 12.8. The third-order valence-electron chi connectivity index (χ3n) is 9.20. The van der Waals surface area contributed by atoms with E-state index in [0.29, 0.717) is 52.3 Å². The largest absolute Gasteiger partial charge is 0.465 e. The van der Waals surface area contributed by atoms with Gasteiger partial charge < -0.3 is 18.9 Å². The number of hydrogen-bond donors (Lipinski definition) is 0. The minimum Gasteiger partial charge on any atom is -0.465 e. The zero-order chi connectivity index (χ0) is 34.3. The lowest BCUT2D eigenvalue weighted by Gasteiger charge is -2.17. The first kappa shape index (κ1) is 46.0. The van der Waals surface area contributed by atoms with Crippen LogP contribution in [0.2, 0.25) is 0 Å². The maximum absolute atomic E-state index is 12.8. The average Bonchev–Trinajstić information content (AvgIpc) is 3.07. The number of rotatable bonds is 40. The zero-order valence-corrected chi connectivity index (χ0v) is 31.8. The molecule has 0 aromatic carbocycles. The SMILES string of the molecule is CCCCCCCCCCCCCCCC(=O)CC(COCCOCCOC)COC(=O)CCCCCCCCCCCCCCC. The van der Waals surface area contributed by atoms with Crippen molar-refractivity contribution in [3.8, 4) is 0 Å². The van der Waals surface area contributed by atoms with Crippen LogP contribution in [0.1, 0.15) is 200 Å². The second-order valence-corrected chi connectivity index (χ2v) is 14.0. The lowest BCUT2D eigenvalue weighted by Crippen LogP contribution is -2.23. The topological polar surface area (TPSA) is 71.1 Å². The van der Waals surface area contributed by atoms with Gasteiger partial charge in [0.25, 0.3) is 0 Å². The van der Waals surface area contributed by atoms with E-state index in [0.717, 1.165) is 25.7 Å². The Balaban J connectivity index is 4.05. The van der Waals surface area contributed by atoms with Gasteiger partial charge in [0, 0.05) is 32.3 Å². The molecular formula is C41H80O6. The standard InChI is InChI=1S/C41H80O6/c1-4-6-8-10-12-14-16-18-20-22-24-26-28-30-40(42)36-39(37-46-35-34-45-33-32-44-3)38-47-41(43)31-29-27-25-23-21-19-17-15-13-11-9-7-5-2/h39H,4-38H2,1-3H3. The average molecular weight is 669 g/mol. The summed E-state index contributed by atoms with van der Waals surface area (Å²) in [6, 6.07) is 0. The van der Waals surface area contributed by atoms with Gasteiger partial charge in [0.05, 0.1) is 39.6 Å². The van der Waals surface area contributed by atoms with E-state index in [9.17, 15) is 9.59 Å². The number of methoxy groups -OCH3 is 1. The molecule has 0 amide bonds. The highest BCUT2D eigenvalue weighted by Crippen LogP contribution is 2.16. The molecule has 0 radical (unpaired) electrons. The van der Waals surface area contributed by atoms with Crippen molar-refractivity contribution in [2.45, 2.75) is 200 Å². The van der Waals surface area contributed by atoms with Gasteiger partial charge in [-0.3, -0.25) is 9.59 Å². The molecule has 0 fully saturated rings. The smallest absolute Gasteiger partial charge is 0.305 e. The van der Waals surface area contributed by atoms with E-state index in [4.69, 9.17) is 18.9 Å². The van der Waals surface area contributed by atoms with Gasteiger partial charge >= 0.3 is 5.97 Å². The molecule has 1 atom stereocenters. The first-order valence-electron chi connectivity index (χ1n) is 20.5. The van der Waals surface area contributed by atoms with Crippen LogP contribution in [0.3, 0.4) is 0 Å². The van der Waals surface area contributed by atoms with Crippen LogP contribution in [0.15, 0.2) is 0 Å². The van der Waals surface area contributed by atoms with Gasteiger partial charge in [-0.05, 0) is 12.8 Å². The summed E-state index contributed by atoms with van der Waals surface area (Å²) in [4.78, 5) is 25.2. The van der Waals surface area contributed by atoms with Gasteiger partial charge in [-0.15, -0.1) is 0 Å². The van der Waals surface area contributed by atoms with Crippen LogP contribution in [-0.2, 0) is 28.5 Å². The number of hydrogen-bond acceptors (Lipinski definition) is 6. The maximum Gasteiger partial charge on any atom is 0.305 e. The van der Waals surface area contributed by atoms with Gasteiger partial charge in [0.2, 0.25) is 0 Å². The van der Waals surface area contributed by atoms with E-state index in [1.54, 1.807) is 7.11 Å². The summed E-state index contributed by atoms with van der Waals surface area (Å²) in [6.45, 7) is 7.25. The van der Waals surface area contributed by atoms with Crippen LogP contribution in [0.25, 0.3) is 0 Å². The van der Waals surface area contributed by atoms with E-state index < -0.39 is 0 Å². The summed E-state index contributed by atoms with van der Waals surface area (Å²) in [6.07, 6.45) is 35.1.